The molecule has 1 unspecified atom stereocenters. The molecule has 21 heavy (non-hydrogen) atoms. The van der Waals surface area contributed by atoms with Crippen LogP contribution in [0.3, 0.4) is 0 Å². The number of carboxylic acids is 1. The zero-order chi connectivity index (χ0) is 15.6. The third kappa shape index (κ3) is 3.23. The second-order valence-corrected chi connectivity index (χ2v) is 6.07. The van der Waals surface area contributed by atoms with Crippen molar-refractivity contribution in [3.05, 3.63) is 29.3 Å². The van der Waals surface area contributed by atoms with Crippen LogP contribution in [0, 0.1) is 11.3 Å². The molecule has 1 aromatic carbocycles. The summed E-state index contributed by atoms with van der Waals surface area (Å²) < 4.78 is 0. The van der Waals surface area contributed by atoms with E-state index < -0.39 is 5.97 Å². The molecule has 0 saturated carbocycles. The van der Waals surface area contributed by atoms with E-state index in [2.05, 4.69) is 0 Å². The normalized spacial score (nSPS) is 17.6. The van der Waals surface area contributed by atoms with Gasteiger partial charge in [-0.1, -0.05) is 11.8 Å². The van der Waals surface area contributed by atoms with E-state index in [4.69, 9.17) is 5.26 Å². The zero-order valence-corrected chi connectivity index (χ0v) is 12.0. The molecule has 0 bridgehead atoms. The number of hydrogen-bond acceptors (Lipinski definition) is 5. The summed E-state index contributed by atoms with van der Waals surface area (Å²) in [6, 6.07) is 6.05. The lowest BCUT2D eigenvalue weighted by Gasteiger charge is -2.18. The Balaban J connectivity index is 2.34. The van der Waals surface area contributed by atoms with E-state index in [0.717, 1.165) is 11.8 Å². The Labute approximate surface area is 125 Å². The molecule has 108 valence electrons. The van der Waals surface area contributed by atoms with Crippen LogP contribution in [0.5, 0.6) is 0 Å². The predicted octanol–water partition coefficient (Wildman–Crippen LogP) is 1.64. The van der Waals surface area contributed by atoms with E-state index in [1.807, 2.05) is 6.07 Å². The third-order valence-corrected chi connectivity index (χ3v) is 4.05. The van der Waals surface area contributed by atoms with Crippen LogP contribution in [0.2, 0.25) is 0 Å². The van der Waals surface area contributed by atoms with Crippen molar-refractivity contribution in [1.29, 1.82) is 5.26 Å². The lowest BCUT2D eigenvalue weighted by Crippen LogP contribution is -2.27. The SMILES string of the molecule is CC(=O)SC1CC(=O)N(c2ccc(C#N)cc2C(=O)O)C1. The van der Waals surface area contributed by atoms with Crippen LogP contribution >= 0.6 is 11.8 Å². The number of amides is 1. The molecule has 1 amide bonds. The van der Waals surface area contributed by atoms with E-state index in [-0.39, 0.29) is 46.1 Å². The molecular formula is C14H12N2O4S. The van der Waals surface area contributed by atoms with Crippen molar-refractivity contribution in [3.63, 3.8) is 0 Å². The fourth-order valence-corrected chi connectivity index (χ4v) is 3.15. The maximum atomic E-state index is 12.0. The van der Waals surface area contributed by atoms with E-state index in [1.165, 1.54) is 30.0 Å². The highest BCUT2D eigenvalue weighted by Gasteiger charge is 2.33. The van der Waals surface area contributed by atoms with Gasteiger partial charge in [-0.25, -0.2) is 4.79 Å². The number of carbonyl (C=O) groups is 3. The van der Waals surface area contributed by atoms with Crippen LogP contribution in [-0.4, -0.2) is 33.9 Å². The highest BCUT2D eigenvalue weighted by atomic mass is 32.2. The van der Waals surface area contributed by atoms with Crippen LogP contribution in [-0.2, 0) is 9.59 Å². The quantitative estimate of drug-likeness (QED) is 0.911. The van der Waals surface area contributed by atoms with Crippen molar-refractivity contribution in [1.82, 2.24) is 0 Å². The number of carbonyl (C=O) groups excluding carboxylic acids is 2. The average Bonchev–Trinajstić information content (AvgIpc) is 2.77. The minimum atomic E-state index is -1.20. The second-order valence-electron chi connectivity index (χ2n) is 4.59. The molecular weight excluding hydrogens is 292 g/mol. The van der Waals surface area contributed by atoms with Gasteiger partial charge in [0.15, 0.2) is 5.12 Å². The molecule has 0 spiro atoms. The second kappa shape index (κ2) is 5.97. The molecule has 1 fully saturated rings. The van der Waals surface area contributed by atoms with Crippen LogP contribution in [0.25, 0.3) is 0 Å². The topological polar surface area (TPSA) is 98.5 Å². The molecule has 6 nitrogen and oxygen atoms in total. The van der Waals surface area contributed by atoms with E-state index in [1.54, 1.807) is 0 Å². The molecule has 1 N–H and O–H groups in total. The number of carboxylic acid groups (broad SMARTS) is 1. The Bertz CT molecular complexity index is 665. The first kappa shape index (κ1) is 15.1. The van der Waals surface area contributed by atoms with Crippen LogP contribution < -0.4 is 4.90 Å². The van der Waals surface area contributed by atoms with E-state index in [9.17, 15) is 19.5 Å². The number of hydrogen-bond donors (Lipinski definition) is 1. The first-order valence-corrected chi connectivity index (χ1v) is 7.05. The Morgan fingerprint density at radius 3 is 2.76 bits per heavy atom. The summed E-state index contributed by atoms with van der Waals surface area (Å²) in [5.41, 5.74) is 0.395. The molecule has 1 saturated heterocycles. The molecule has 1 aliphatic heterocycles. The van der Waals surface area contributed by atoms with Crippen molar-refractivity contribution in [2.45, 2.75) is 18.6 Å². The maximum absolute atomic E-state index is 12.0. The Morgan fingerprint density at radius 2 is 2.19 bits per heavy atom. The van der Waals surface area contributed by atoms with Crippen molar-refractivity contribution in [3.8, 4) is 6.07 Å². The Morgan fingerprint density at radius 1 is 1.48 bits per heavy atom. The average molecular weight is 304 g/mol. The summed E-state index contributed by atoms with van der Waals surface area (Å²) in [5, 5.41) is 17.8. The van der Waals surface area contributed by atoms with Gasteiger partial charge in [-0.2, -0.15) is 5.26 Å². The van der Waals surface area contributed by atoms with Gasteiger partial charge >= 0.3 is 5.97 Å². The number of nitrogens with zero attached hydrogens (tertiary/aromatic N) is 2. The maximum Gasteiger partial charge on any atom is 0.337 e. The predicted molar refractivity (Wildman–Crippen MR) is 77.1 cm³/mol. The van der Waals surface area contributed by atoms with Gasteiger partial charge in [-0.3, -0.25) is 9.59 Å². The molecule has 1 aliphatic rings. The summed E-state index contributed by atoms with van der Waals surface area (Å²) in [7, 11) is 0. The number of benzene rings is 1. The van der Waals surface area contributed by atoms with Gasteiger partial charge in [-0.05, 0) is 18.2 Å². The summed E-state index contributed by atoms with van der Waals surface area (Å²) in [6.07, 6.45) is 0.198. The zero-order valence-electron chi connectivity index (χ0n) is 11.2. The van der Waals surface area contributed by atoms with Gasteiger partial charge in [-0.15, -0.1) is 0 Å². The van der Waals surface area contributed by atoms with Gasteiger partial charge in [0.05, 0.1) is 22.9 Å². The van der Waals surface area contributed by atoms with Gasteiger partial charge in [0.2, 0.25) is 5.91 Å². The first-order chi connectivity index (χ1) is 9.92. The highest BCUT2D eigenvalue weighted by Crippen LogP contribution is 2.31. The fraction of sp³-hybridized carbons (Fsp3) is 0.286. The Kier molecular flexibility index (Phi) is 4.29. The molecule has 2 rings (SSSR count). The van der Waals surface area contributed by atoms with Gasteiger partial charge in [0, 0.05) is 25.1 Å². The first-order valence-electron chi connectivity index (χ1n) is 6.17. The molecule has 0 aliphatic carbocycles. The van der Waals surface area contributed by atoms with E-state index in [0.29, 0.717) is 0 Å². The summed E-state index contributed by atoms with van der Waals surface area (Å²) >= 11 is 1.08. The van der Waals surface area contributed by atoms with Crippen LogP contribution in [0.4, 0.5) is 5.69 Å². The minimum Gasteiger partial charge on any atom is -0.478 e. The summed E-state index contributed by atoms with van der Waals surface area (Å²) in [4.78, 5) is 35.8. The van der Waals surface area contributed by atoms with Crippen molar-refractivity contribution < 1.29 is 19.5 Å². The smallest absolute Gasteiger partial charge is 0.337 e. The van der Waals surface area contributed by atoms with Crippen molar-refractivity contribution in [2.24, 2.45) is 0 Å². The number of aromatic carboxylic acids is 1. The molecule has 7 heteroatoms. The number of nitriles is 1. The molecule has 0 aromatic heterocycles. The number of rotatable bonds is 3. The minimum absolute atomic E-state index is 0.0760. The molecule has 1 atom stereocenters. The fourth-order valence-electron chi connectivity index (χ4n) is 2.23. The van der Waals surface area contributed by atoms with Crippen molar-refractivity contribution in [2.75, 3.05) is 11.4 Å². The van der Waals surface area contributed by atoms with Gasteiger partial charge in [0.1, 0.15) is 0 Å². The molecule has 1 aromatic rings. The standard InChI is InChI=1S/C14H12N2O4S/c1-8(17)21-10-5-13(18)16(7-10)12-3-2-9(6-15)4-11(12)14(19)20/h2-4,10H,5,7H2,1H3,(H,19,20). The van der Waals surface area contributed by atoms with E-state index >= 15 is 0 Å². The molecule has 0 radical (unpaired) electrons. The van der Waals surface area contributed by atoms with Crippen LogP contribution in [0.15, 0.2) is 18.2 Å². The third-order valence-electron chi connectivity index (χ3n) is 3.07. The Hall–Kier alpha value is -2.33. The summed E-state index contributed by atoms with van der Waals surface area (Å²) in [6.45, 7) is 1.72. The van der Waals surface area contributed by atoms with Gasteiger partial charge in [0.25, 0.3) is 0 Å². The molecule has 1 heterocycles. The number of anilines is 1. The summed E-state index contributed by atoms with van der Waals surface area (Å²) in [5.74, 6) is -1.42. The monoisotopic (exact) mass is 304 g/mol. The highest BCUT2D eigenvalue weighted by molar-refractivity contribution is 8.14. The van der Waals surface area contributed by atoms with Crippen molar-refractivity contribution >= 4 is 34.4 Å². The van der Waals surface area contributed by atoms with Crippen LogP contribution in [0.1, 0.15) is 29.3 Å². The van der Waals surface area contributed by atoms with Gasteiger partial charge < -0.3 is 10.0 Å². The lowest BCUT2D eigenvalue weighted by molar-refractivity contribution is -0.117. The number of thioether (sulfide) groups is 1. The lowest BCUT2D eigenvalue weighted by atomic mass is 10.1. The largest absolute Gasteiger partial charge is 0.478 e.